The van der Waals surface area contributed by atoms with Crippen LogP contribution >= 0.6 is 0 Å². The van der Waals surface area contributed by atoms with Crippen molar-refractivity contribution in [3.63, 3.8) is 0 Å². The quantitative estimate of drug-likeness (QED) is 0.0545. The van der Waals surface area contributed by atoms with E-state index in [0.717, 1.165) is 27.9 Å². The zero-order chi connectivity index (χ0) is 27.2. The van der Waals surface area contributed by atoms with Crippen molar-refractivity contribution in [2.45, 2.75) is 20.4 Å². The predicted octanol–water partition coefficient (Wildman–Crippen LogP) is 5.15. The molecule has 0 radical (unpaired) electrons. The number of aryl methyl sites for hydroxylation is 1. The van der Waals surface area contributed by atoms with Gasteiger partial charge in [0.1, 0.15) is 24.7 Å². The molecule has 194 valence electrons. The number of hydrogen-bond acceptors (Lipinski definition) is 8. The van der Waals surface area contributed by atoms with E-state index in [-0.39, 0.29) is 18.9 Å². The molecule has 3 aromatic carbocycles. The number of ether oxygens (including phenoxy) is 2. The minimum Gasteiger partial charge on any atom is -0.489 e. The highest BCUT2D eigenvalue weighted by Gasteiger charge is 2.19. The van der Waals surface area contributed by atoms with Gasteiger partial charge in [-0.2, -0.15) is 0 Å². The van der Waals surface area contributed by atoms with E-state index >= 15 is 0 Å². The molecule has 0 unspecified atom stereocenters. The highest BCUT2D eigenvalue weighted by Crippen LogP contribution is 2.33. The number of aromatic nitrogens is 1. The van der Waals surface area contributed by atoms with E-state index in [1.54, 1.807) is 36.4 Å². The Morgan fingerprint density at radius 3 is 2.45 bits per heavy atom. The number of carbonyl (C=O) groups is 2. The molecule has 10 nitrogen and oxygen atoms in total. The highest BCUT2D eigenvalue weighted by molar-refractivity contribution is 6.18. The standard InChI is InChI=1S/C28H25N3O7/c1-4-27(33)37-15-14-36-26-9-7-6-8-21(26)28(29-38-18(3)32)19-10-12-24-22(16-19)23-17-20(31(34)35)11-13-25(23)30(24)5-2/h4,6-13,16-17H,1,5,14-15H2,2-3H3. The summed E-state index contributed by atoms with van der Waals surface area (Å²) in [6.07, 6.45) is 1.07. The van der Waals surface area contributed by atoms with Crippen LogP contribution in [-0.2, 0) is 25.7 Å². The third-order valence-electron chi connectivity index (χ3n) is 5.81. The molecule has 0 aliphatic heterocycles. The number of esters is 1. The molecule has 0 aliphatic carbocycles. The summed E-state index contributed by atoms with van der Waals surface area (Å²) in [6, 6.07) is 17.4. The zero-order valence-electron chi connectivity index (χ0n) is 20.9. The number of carbonyl (C=O) groups excluding carboxylic acids is 2. The largest absolute Gasteiger partial charge is 0.489 e. The molecule has 0 saturated heterocycles. The Bertz CT molecular complexity index is 1590. The molecule has 4 rings (SSSR count). The van der Waals surface area contributed by atoms with Gasteiger partial charge in [0, 0.05) is 64.6 Å². The molecule has 0 atom stereocenters. The first kappa shape index (κ1) is 26.1. The Hall–Kier alpha value is -4.99. The van der Waals surface area contributed by atoms with Gasteiger partial charge in [-0.3, -0.25) is 10.1 Å². The van der Waals surface area contributed by atoms with Crippen molar-refractivity contribution >= 4 is 45.1 Å². The average molecular weight is 516 g/mol. The van der Waals surface area contributed by atoms with Gasteiger partial charge in [0.2, 0.25) is 0 Å². The molecule has 0 spiro atoms. The number of hydrogen-bond donors (Lipinski definition) is 0. The number of para-hydroxylation sites is 1. The number of nitro groups is 1. The maximum Gasteiger partial charge on any atom is 0.332 e. The molecule has 38 heavy (non-hydrogen) atoms. The second-order valence-electron chi connectivity index (χ2n) is 8.17. The van der Waals surface area contributed by atoms with Crippen molar-refractivity contribution in [2.24, 2.45) is 5.16 Å². The molecular formula is C28H25N3O7. The predicted molar refractivity (Wildman–Crippen MR) is 142 cm³/mol. The van der Waals surface area contributed by atoms with E-state index in [1.807, 2.05) is 25.1 Å². The number of nitrogens with zero attached hydrogens (tertiary/aromatic N) is 3. The van der Waals surface area contributed by atoms with Crippen LogP contribution < -0.4 is 4.74 Å². The second kappa shape index (κ2) is 11.4. The SMILES string of the molecule is C=CC(=O)OCCOc1ccccc1C(=NOC(C)=O)c1ccc2c(c1)c1cc([N+](=O)[O-])ccc1n2CC. The first-order valence-corrected chi connectivity index (χ1v) is 11.8. The minimum absolute atomic E-state index is 0.0108. The Labute approximate surface area is 217 Å². The van der Waals surface area contributed by atoms with E-state index in [9.17, 15) is 19.7 Å². The van der Waals surface area contributed by atoms with Crippen LogP contribution in [0.15, 0.2) is 78.5 Å². The first-order valence-electron chi connectivity index (χ1n) is 11.8. The fraction of sp³-hybridized carbons (Fsp3) is 0.179. The third-order valence-corrected chi connectivity index (χ3v) is 5.81. The van der Waals surface area contributed by atoms with Crippen molar-refractivity contribution in [3.05, 3.63) is 94.6 Å². The number of benzene rings is 3. The lowest BCUT2D eigenvalue weighted by molar-refractivity contribution is -0.384. The van der Waals surface area contributed by atoms with Gasteiger partial charge in [0.15, 0.2) is 0 Å². The summed E-state index contributed by atoms with van der Waals surface area (Å²) in [7, 11) is 0. The number of rotatable bonds is 10. The van der Waals surface area contributed by atoms with Crippen molar-refractivity contribution in [1.29, 1.82) is 0 Å². The normalized spacial score (nSPS) is 11.4. The molecule has 1 aromatic heterocycles. The van der Waals surface area contributed by atoms with Crippen molar-refractivity contribution in [1.82, 2.24) is 4.57 Å². The van der Waals surface area contributed by atoms with E-state index in [2.05, 4.69) is 16.3 Å². The molecule has 0 N–H and O–H groups in total. The molecule has 0 saturated carbocycles. The van der Waals surface area contributed by atoms with Gasteiger partial charge in [-0.1, -0.05) is 29.9 Å². The van der Waals surface area contributed by atoms with Gasteiger partial charge >= 0.3 is 11.9 Å². The average Bonchev–Trinajstić information content (AvgIpc) is 3.23. The lowest BCUT2D eigenvalue weighted by atomic mass is 9.99. The van der Waals surface area contributed by atoms with Gasteiger partial charge in [0.05, 0.1) is 4.92 Å². The molecule has 4 aromatic rings. The molecule has 0 amide bonds. The Kier molecular flexibility index (Phi) is 7.81. The van der Waals surface area contributed by atoms with Gasteiger partial charge in [-0.25, -0.2) is 9.59 Å². The van der Waals surface area contributed by atoms with Gasteiger partial charge < -0.3 is 18.9 Å². The monoisotopic (exact) mass is 515 g/mol. The van der Waals surface area contributed by atoms with Gasteiger partial charge in [-0.05, 0) is 37.3 Å². The summed E-state index contributed by atoms with van der Waals surface area (Å²) in [5.41, 5.74) is 3.21. The van der Waals surface area contributed by atoms with Crippen molar-refractivity contribution < 1.29 is 28.8 Å². The summed E-state index contributed by atoms with van der Waals surface area (Å²) < 4.78 is 12.9. The topological polar surface area (TPSA) is 122 Å². The second-order valence-corrected chi connectivity index (χ2v) is 8.17. The molecule has 10 heteroatoms. The summed E-state index contributed by atoms with van der Waals surface area (Å²) >= 11 is 0. The number of non-ortho nitro benzene ring substituents is 1. The maximum atomic E-state index is 11.6. The Balaban J connectivity index is 1.82. The summed E-state index contributed by atoms with van der Waals surface area (Å²) in [6.45, 7) is 7.35. The van der Waals surface area contributed by atoms with E-state index in [4.69, 9.17) is 14.3 Å². The van der Waals surface area contributed by atoms with Crippen LogP contribution in [0, 0.1) is 10.1 Å². The first-order chi connectivity index (χ1) is 18.3. The molecule has 1 heterocycles. The third kappa shape index (κ3) is 5.39. The van der Waals surface area contributed by atoms with Crippen LogP contribution in [0.4, 0.5) is 5.69 Å². The van der Waals surface area contributed by atoms with Crippen LogP contribution in [-0.4, -0.2) is 40.4 Å². The number of nitro benzene ring substituents is 1. The van der Waals surface area contributed by atoms with Crippen LogP contribution in [0.1, 0.15) is 25.0 Å². The van der Waals surface area contributed by atoms with E-state index < -0.39 is 16.9 Å². The van der Waals surface area contributed by atoms with Crippen LogP contribution in [0.2, 0.25) is 0 Å². The van der Waals surface area contributed by atoms with Gasteiger partial charge in [-0.15, -0.1) is 0 Å². The smallest absolute Gasteiger partial charge is 0.332 e. The van der Waals surface area contributed by atoms with Crippen LogP contribution in [0.25, 0.3) is 21.8 Å². The van der Waals surface area contributed by atoms with Crippen LogP contribution in [0.3, 0.4) is 0 Å². The van der Waals surface area contributed by atoms with Crippen molar-refractivity contribution in [3.8, 4) is 5.75 Å². The fourth-order valence-corrected chi connectivity index (χ4v) is 4.20. The van der Waals surface area contributed by atoms with Crippen LogP contribution in [0.5, 0.6) is 5.75 Å². The zero-order valence-corrected chi connectivity index (χ0v) is 20.9. The summed E-state index contributed by atoms with van der Waals surface area (Å²) in [5.74, 6) is -0.727. The molecule has 0 fully saturated rings. The van der Waals surface area contributed by atoms with E-state index in [0.29, 0.717) is 29.1 Å². The lowest BCUT2D eigenvalue weighted by Crippen LogP contribution is -2.13. The molecule has 0 aliphatic rings. The maximum absolute atomic E-state index is 11.6. The Morgan fingerprint density at radius 1 is 1.05 bits per heavy atom. The lowest BCUT2D eigenvalue weighted by Gasteiger charge is -2.13. The number of fused-ring (bicyclic) bond motifs is 3. The minimum atomic E-state index is -0.600. The van der Waals surface area contributed by atoms with Gasteiger partial charge in [0.25, 0.3) is 5.69 Å². The Morgan fingerprint density at radius 2 is 1.76 bits per heavy atom. The highest BCUT2D eigenvalue weighted by atomic mass is 16.7. The summed E-state index contributed by atoms with van der Waals surface area (Å²) in [4.78, 5) is 39.0. The molecular weight excluding hydrogens is 490 g/mol. The fourth-order valence-electron chi connectivity index (χ4n) is 4.20. The molecule has 0 bridgehead atoms. The summed E-state index contributed by atoms with van der Waals surface area (Å²) in [5, 5.41) is 17.1. The van der Waals surface area contributed by atoms with E-state index in [1.165, 1.54) is 13.0 Å². The van der Waals surface area contributed by atoms with Crippen molar-refractivity contribution in [2.75, 3.05) is 13.2 Å². The number of oxime groups is 1.